The number of Topliss-reactive ketones (excluding diaryl/α,β-unsaturated/α-hetero) is 1. The van der Waals surface area contributed by atoms with Gasteiger partial charge in [0.15, 0.2) is 5.78 Å². The molecule has 0 aliphatic heterocycles. The number of ketones is 1. The van der Waals surface area contributed by atoms with E-state index in [0.717, 1.165) is 5.56 Å². The lowest BCUT2D eigenvalue weighted by Gasteiger charge is -2.13. The molecule has 0 N–H and O–H groups in total. The van der Waals surface area contributed by atoms with E-state index in [9.17, 15) is 9.00 Å². The molecule has 0 heterocycles. The number of rotatable bonds is 4. The molecule has 1 aromatic rings. The molecule has 2 nitrogen and oxygen atoms in total. The fraction of sp³-hybridized carbons (Fsp3) is 0.500. The van der Waals surface area contributed by atoms with Gasteiger partial charge in [0.2, 0.25) is 0 Å². The highest BCUT2D eigenvalue weighted by Gasteiger charge is 2.23. The lowest BCUT2D eigenvalue weighted by molar-refractivity contribution is 0.0992. The van der Waals surface area contributed by atoms with Gasteiger partial charge in [0.1, 0.15) is 0 Å². The van der Waals surface area contributed by atoms with Crippen molar-refractivity contribution in [1.82, 2.24) is 0 Å². The molecule has 3 heteroatoms. The third-order valence-corrected chi connectivity index (χ3v) is 4.81. The van der Waals surface area contributed by atoms with Crippen LogP contribution >= 0.6 is 0 Å². The van der Waals surface area contributed by atoms with Crippen molar-refractivity contribution in [2.24, 2.45) is 0 Å². The Morgan fingerprint density at radius 1 is 1.12 bits per heavy atom. The molecular formula is C14H20O2S. The van der Waals surface area contributed by atoms with Crippen molar-refractivity contribution in [3.05, 3.63) is 34.9 Å². The van der Waals surface area contributed by atoms with Gasteiger partial charge in [-0.15, -0.1) is 0 Å². The molecule has 1 aromatic carbocycles. The molecule has 1 rings (SSSR count). The Kier molecular flexibility index (Phi) is 4.63. The van der Waals surface area contributed by atoms with Crippen molar-refractivity contribution in [2.75, 3.05) is 0 Å². The maximum absolute atomic E-state index is 12.2. The van der Waals surface area contributed by atoms with Crippen LogP contribution in [-0.4, -0.2) is 20.5 Å². The number of hydrogen-bond donors (Lipinski definition) is 0. The van der Waals surface area contributed by atoms with E-state index in [4.69, 9.17) is 0 Å². The van der Waals surface area contributed by atoms with Gasteiger partial charge in [0.05, 0.1) is 5.25 Å². The molecule has 0 saturated carbocycles. The molecule has 0 radical (unpaired) electrons. The number of hydrogen-bond acceptors (Lipinski definition) is 2. The van der Waals surface area contributed by atoms with E-state index in [-0.39, 0.29) is 11.0 Å². The van der Waals surface area contributed by atoms with E-state index >= 15 is 0 Å². The summed E-state index contributed by atoms with van der Waals surface area (Å²) in [5.41, 5.74) is 2.92. The van der Waals surface area contributed by atoms with Gasteiger partial charge in [-0.25, -0.2) is 0 Å². The predicted molar refractivity (Wildman–Crippen MR) is 73.0 cm³/mol. The Labute approximate surface area is 106 Å². The molecule has 0 bridgehead atoms. The molecular weight excluding hydrogens is 232 g/mol. The third kappa shape index (κ3) is 3.25. The van der Waals surface area contributed by atoms with Crippen molar-refractivity contribution in [2.45, 2.75) is 45.1 Å². The number of aryl methyl sites for hydroxylation is 2. The summed E-state index contributed by atoms with van der Waals surface area (Å²) < 4.78 is 11.9. The third-order valence-electron chi connectivity index (χ3n) is 2.97. The van der Waals surface area contributed by atoms with Gasteiger partial charge in [0.25, 0.3) is 0 Å². The first-order valence-corrected chi connectivity index (χ1v) is 7.13. The minimum absolute atomic E-state index is 0.0143. The molecule has 2 unspecified atom stereocenters. The second-order valence-corrected chi connectivity index (χ2v) is 6.99. The molecule has 0 aromatic heterocycles. The van der Waals surface area contributed by atoms with Crippen molar-refractivity contribution >= 4 is 16.6 Å². The first kappa shape index (κ1) is 14.1. The number of carbonyl (C=O) groups excluding carboxylic acids is 1. The molecule has 0 aliphatic carbocycles. The Bertz CT molecular complexity index is 450. The quantitative estimate of drug-likeness (QED) is 0.772. The smallest absolute Gasteiger partial charge is 0.178 e. The summed E-state index contributed by atoms with van der Waals surface area (Å²) in [6, 6.07) is 5.64. The molecule has 94 valence electrons. The summed E-state index contributed by atoms with van der Waals surface area (Å²) in [6.07, 6.45) is 0. The Morgan fingerprint density at radius 2 is 1.71 bits per heavy atom. The SMILES string of the molecule is Cc1ccc(C(=O)C(C)S(=O)C(C)C)cc1C. The van der Waals surface area contributed by atoms with E-state index in [2.05, 4.69) is 0 Å². The molecule has 0 amide bonds. The topological polar surface area (TPSA) is 34.1 Å². The summed E-state index contributed by atoms with van der Waals surface area (Å²) in [4.78, 5) is 12.2. The molecule has 0 saturated heterocycles. The first-order valence-electron chi connectivity index (χ1n) is 5.85. The molecule has 0 spiro atoms. The molecule has 17 heavy (non-hydrogen) atoms. The van der Waals surface area contributed by atoms with Crippen LogP contribution in [0.3, 0.4) is 0 Å². The van der Waals surface area contributed by atoms with Crippen LogP contribution in [0.4, 0.5) is 0 Å². The van der Waals surface area contributed by atoms with Crippen LogP contribution in [0.15, 0.2) is 18.2 Å². The zero-order valence-corrected chi connectivity index (χ0v) is 11.9. The van der Waals surface area contributed by atoms with Crippen LogP contribution in [0, 0.1) is 13.8 Å². The zero-order valence-electron chi connectivity index (χ0n) is 11.1. The van der Waals surface area contributed by atoms with E-state index in [1.165, 1.54) is 5.56 Å². The summed E-state index contributed by atoms with van der Waals surface area (Å²) in [5.74, 6) is -0.0277. The molecule has 0 fully saturated rings. The predicted octanol–water partition coefficient (Wildman–Crippen LogP) is 3.03. The van der Waals surface area contributed by atoms with Gasteiger partial charge < -0.3 is 0 Å². The lowest BCUT2D eigenvalue weighted by Crippen LogP contribution is -2.27. The monoisotopic (exact) mass is 252 g/mol. The van der Waals surface area contributed by atoms with E-state index < -0.39 is 16.0 Å². The zero-order chi connectivity index (χ0) is 13.2. The van der Waals surface area contributed by atoms with E-state index in [0.29, 0.717) is 5.56 Å². The van der Waals surface area contributed by atoms with Crippen molar-refractivity contribution in [1.29, 1.82) is 0 Å². The van der Waals surface area contributed by atoms with Gasteiger partial charge in [-0.2, -0.15) is 0 Å². The highest BCUT2D eigenvalue weighted by Crippen LogP contribution is 2.15. The highest BCUT2D eigenvalue weighted by atomic mass is 32.2. The summed E-state index contributed by atoms with van der Waals surface area (Å²) >= 11 is 0. The first-order chi connectivity index (χ1) is 7.84. The summed E-state index contributed by atoms with van der Waals surface area (Å²) in [5, 5.41) is -0.419. The highest BCUT2D eigenvalue weighted by molar-refractivity contribution is 7.87. The normalized spacial score (nSPS) is 14.7. The van der Waals surface area contributed by atoms with Crippen LogP contribution in [0.5, 0.6) is 0 Å². The minimum Gasteiger partial charge on any atom is -0.293 e. The Hall–Kier alpha value is -0.960. The van der Waals surface area contributed by atoms with Gasteiger partial charge in [0, 0.05) is 21.6 Å². The van der Waals surface area contributed by atoms with Gasteiger partial charge >= 0.3 is 0 Å². The van der Waals surface area contributed by atoms with E-state index in [1.807, 2.05) is 45.9 Å². The fourth-order valence-corrected chi connectivity index (χ4v) is 2.81. The Morgan fingerprint density at radius 3 is 2.18 bits per heavy atom. The van der Waals surface area contributed by atoms with Crippen LogP contribution in [0.2, 0.25) is 0 Å². The molecule has 0 aliphatic rings. The number of benzene rings is 1. The van der Waals surface area contributed by atoms with Gasteiger partial charge in [-0.05, 0) is 38.0 Å². The minimum atomic E-state index is -1.11. The maximum Gasteiger partial charge on any atom is 0.178 e. The largest absolute Gasteiger partial charge is 0.293 e. The lowest BCUT2D eigenvalue weighted by atomic mass is 10.0. The second-order valence-electron chi connectivity index (χ2n) is 4.68. The van der Waals surface area contributed by atoms with Gasteiger partial charge in [-0.1, -0.05) is 26.0 Å². The average Bonchev–Trinajstić information content (AvgIpc) is 2.29. The van der Waals surface area contributed by atoms with Crippen LogP contribution in [0.25, 0.3) is 0 Å². The van der Waals surface area contributed by atoms with Crippen LogP contribution in [0.1, 0.15) is 42.3 Å². The van der Waals surface area contributed by atoms with E-state index in [1.54, 1.807) is 6.92 Å². The number of carbonyl (C=O) groups is 1. The summed E-state index contributed by atoms with van der Waals surface area (Å²) in [7, 11) is -1.11. The molecule has 2 atom stereocenters. The van der Waals surface area contributed by atoms with Crippen molar-refractivity contribution < 1.29 is 9.00 Å². The van der Waals surface area contributed by atoms with Crippen LogP contribution < -0.4 is 0 Å². The summed E-state index contributed by atoms with van der Waals surface area (Å²) in [6.45, 7) is 9.49. The van der Waals surface area contributed by atoms with Crippen molar-refractivity contribution in [3.63, 3.8) is 0 Å². The van der Waals surface area contributed by atoms with Crippen LogP contribution in [-0.2, 0) is 10.8 Å². The van der Waals surface area contributed by atoms with Crippen molar-refractivity contribution in [3.8, 4) is 0 Å². The Balaban J connectivity index is 2.97. The fourth-order valence-electron chi connectivity index (χ4n) is 1.64. The average molecular weight is 252 g/mol. The van der Waals surface area contributed by atoms with Gasteiger partial charge in [-0.3, -0.25) is 9.00 Å². The second kappa shape index (κ2) is 5.58. The standard InChI is InChI=1S/C14H20O2S/c1-9(2)17(16)12(5)14(15)13-7-6-10(3)11(4)8-13/h6-9,12H,1-5H3. The maximum atomic E-state index is 12.2.